The van der Waals surface area contributed by atoms with Gasteiger partial charge >= 0.3 is 0 Å². The summed E-state index contributed by atoms with van der Waals surface area (Å²) in [7, 11) is 1.65. The largest absolute Gasteiger partial charge is 0.481 e. The second-order valence-electron chi connectivity index (χ2n) is 3.25. The third kappa shape index (κ3) is 1.41. The highest BCUT2D eigenvalue weighted by Crippen LogP contribution is 2.33. The molecule has 0 aliphatic carbocycles. The molecule has 13 heavy (non-hydrogen) atoms. The zero-order valence-electron chi connectivity index (χ0n) is 8.03. The van der Waals surface area contributed by atoms with Crippen LogP contribution < -0.4 is 4.74 Å². The molecule has 1 aromatic rings. The molecule has 1 unspecified atom stereocenters. The minimum absolute atomic E-state index is 0.211. The smallest absolute Gasteiger partial charge is 0.219 e. The van der Waals surface area contributed by atoms with Gasteiger partial charge in [-0.25, -0.2) is 4.98 Å². The first-order chi connectivity index (χ1) is 6.22. The van der Waals surface area contributed by atoms with Crippen LogP contribution in [0, 0.1) is 13.8 Å². The average molecular weight is 176 g/mol. The predicted molar refractivity (Wildman–Crippen MR) is 51.5 cm³/mol. The number of aliphatic imine (C=N–C) groups is 1. The van der Waals surface area contributed by atoms with Crippen molar-refractivity contribution >= 4 is 6.21 Å². The van der Waals surface area contributed by atoms with Crippen molar-refractivity contribution in [3.8, 4) is 5.88 Å². The van der Waals surface area contributed by atoms with Gasteiger partial charge in [-0.15, -0.1) is 0 Å². The molecule has 1 atom stereocenters. The van der Waals surface area contributed by atoms with Gasteiger partial charge in [-0.1, -0.05) is 0 Å². The van der Waals surface area contributed by atoms with Gasteiger partial charge in [0.1, 0.15) is 6.04 Å². The summed E-state index contributed by atoms with van der Waals surface area (Å²) in [6.45, 7) is 4.03. The molecular weight excluding hydrogens is 164 g/mol. The quantitative estimate of drug-likeness (QED) is 0.689. The Morgan fingerprint density at radius 3 is 2.62 bits per heavy atom. The van der Waals surface area contributed by atoms with E-state index in [9.17, 15) is 0 Å². The Kier molecular flexibility index (Phi) is 1.79. The number of nitrogens with zero attached hydrogens (tertiary/aromatic N) is 2. The Labute approximate surface area is 77.5 Å². The molecular formula is C10H12N2O. The first-order valence-electron chi connectivity index (χ1n) is 4.28. The Balaban J connectivity index is 2.50. The average Bonchev–Trinajstić information content (AvgIpc) is 2.86. The fourth-order valence-electron chi connectivity index (χ4n) is 1.52. The van der Waals surface area contributed by atoms with E-state index in [-0.39, 0.29) is 6.04 Å². The Hall–Kier alpha value is -1.38. The Morgan fingerprint density at radius 1 is 1.38 bits per heavy atom. The zero-order valence-corrected chi connectivity index (χ0v) is 8.03. The molecule has 0 fully saturated rings. The van der Waals surface area contributed by atoms with Crippen molar-refractivity contribution in [3.63, 3.8) is 0 Å². The molecule has 3 nitrogen and oxygen atoms in total. The minimum atomic E-state index is 0.211. The highest BCUT2D eigenvalue weighted by Gasteiger charge is 2.23. The van der Waals surface area contributed by atoms with Gasteiger partial charge < -0.3 is 4.74 Å². The normalized spacial score (nSPS) is 18.8. The molecule has 1 aliphatic heterocycles. The lowest BCUT2D eigenvalue weighted by molar-refractivity contribution is 0.391. The SMILES string of the molecule is COc1nc(C)cc(C)c1C1C=N1. The number of aryl methyl sites for hydroxylation is 2. The second-order valence-corrected chi connectivity index (χ2v) is 3.25. The van der Waals surface area contributed by atoms with Crippen molar-refractivity contribution in [2.24, 2.45) is 4.99 Å². The van der Waals surface area contributed by atoms with E-state index in [2.05, 4.69) is 23.0 Å². The van der Waals surface area contributed by atoms with E-state index in [0.29, 0.717) is 5.88 Å². The molecule has 0 spiro atoms. The molecule has 1 aliphatic rings. The maximum Gasteiger partial charge on any atom is 0.219 e. The van der Waals surface area contributed by atoms with Gasteiger partial charge in [0, 0.05) is 17.5 Å². The van der Waals surface area contributed by atoms with Crippen LogP contribution in [-0.2, 0) is 0 Å². The molecule has 0 N–H and O–H groups in total. The third-order valence-corrected chi connectivity index (χ3v) is 2.15. The number of hydrogen-bond acceptors (Lipinski definition) is 3. The van der Waals surface area contributed by atoms with Gasteiger partial charge in [-0.3, -0.25) is 4.99 Å². The van der Waals surface area contributed by atoms with Crippen molar-refractivity contribution < 1.29 is 4.74 Å². The predicted octanol–water partition coefficient (Wildman–Crippen LogP) is 1.83. The molecule has 2 rings (SSSR count). The van der Waals surface area contributed by atoms with Gasteiger partial charge in [-0.2, -0.15) is 0 Å². The van der Waals surface area contributed by atoms with Crippen LogP contribution in [0.4, 0.5) is 0 Å². The first kappa shape index (κ1) is 8.23. The summed E-state index contributed by atoms with van der Waals surface area (Å²) in [6.07, 6.45) is 1.90. The van der Waals surface area contributed by atoms with Crippen LogP contribution in [0.25, 0.3) is 0 Å². The van der Waals surface area contributed by atoms with Crippen molar-refractivity contribution in [2.75, 3.05) is 7.11 Å². The lowest BCUT2D eigenvalue weighted by Gasteiger charge is -2.09. The van der Waals surface area contributed by atoms with Crippen LogP contribution >= 0.6 is 0 Å². The fourth-order valence-corrected chi connectivity index (χ4v) is 1.52. The molecule has 0 bridgehead atoms. The molecule has 0 amide bonds. The van der Waals surface area contributed by atoms with Gasteiger partial charge in [-0.05, 0) is 25.5 Å². The van der Waals surface area contributed by atoms with Crippen LogP contribution in [0.1, 0.15) is 22.9 Å². The molecule has 3 heteroatoms. The molecule has 2 heterocycles. The van der Waals surface area contributed by atoms with E-state index in [1.165, 1.54) is 5.56 Å². The molecule has 0 aromatic carbocycles. The van der Waals surface area contributed by atoms with E-state index < -0.39 is 0 Å². The monoisotopic (exact) mass is 176 g/mol. The minimum Gasteiger partial charge on any atom is -0.481 e. The summed E-state index contributed by atoms with van der Waals surface area (Å²) >= 11 is 0. The maximum atomic E-state index is 5.22. The summed E-state index contributed by atoms with van der Waals surface area (Å²) in [5.41, 5.74) is 3.29. The van der Waals surface area contributed by atoms with Crippen LogP contribution in [0.15, 0.2) is 11.1 Å². The molecule has 0 saturated heterocycles. The van der Waals surface area contributed by atoms with Gasteiger partial charge in [0.25, 0.3) is 0 Å². The summed E-state index contributed by atoms with van der Waals surface area (Å²) in [4.78, 5) is 8.44. The molecule has 1 aromatic heterocycles. The highest BCUT2D eigenvalue weighted by atomic mass is 16.5. The number of rotatable bonds is 2. The fraction of sp³-hybridized carbons (Fsp3) is 0.400. The van der Waals surface area contributed by atoms with E-state index in [4.69, 9.17) is 4.74 Å². The Bertz CT molecular complexity index is 365. The summed E-state index contributed by atoms with van der Waals surface area (Å²) < 4.78 is 5.22. The number of aromatic nitrogens is 1. The van der Waals surface area contributed by atoms with E-state index in [1.54, 1.807) is 7.11 Å². The van der Waals surface area contributed by atoms with Crippen LogP contribution in [0.5, 0.6) is 5.88 Å². The standard InChI is InChI=1S/C10H12N2O/c1-6-4-7(2)12-10(13-3)9(6)8-5-11-8/h4-5,8H,1-3H3. The van der Waals surface area contributed by atoms with Crippen molar-refractivity contribution in [1.82, 2.24) is 4.98 Å². The van der Waals surface area contributed by atoms with E-state index in [1.807, 2.05) is 13.1 Å². The van der Waals surface area contributed by atoms with Crippen LogP contribution in [0.2, 0.25) is 0 Å². The number of hydrogen-bond donors (Lipinski definition) is 0. The van der Waals surface area contributed by atoms with E-state index in [0.717, 1.165) is 11.3 Å². The summed E-state index contributed by atoms with van der Waals surface area (Å²) in [5.74, 6) is 0.708. The third-order valence-electron chi connectivity index (χ3n) is 2.15. The van der Waals surface area contributed by atoms with Crippen molar-refractivity contribution in [2.45, 2.75) is 19.9 Å². The molecule has 0 saturated carbocycles. The Morgan fingerprint density at radius 2 is 2.08 bits per heavy atom. The van der Waals surface area contributed by atoms with Crippen molar-refractivity contribution in [3.05, 3.63) is 22.9 Å². The van der Waals surface area contributed by atoms with Gasteiger partial charge in [0.2, 0.25) is 5.88 Å². The van der Waals surface area contributed by atoms with Gasteiger partial charge in [0.15, 0.2) is 0 Å². The molecule has 0 radical (unpaired) electrons. The summed E-state index contributed by atoms with van der Waals surface area (Å²) in [6, 6.07) is 2.27. The first-order valence-corrected chi connectivity index (χ1v) is 4.28. The number of ether oxygens (including phenoxy) is 1. The van der Waals surface area contributed by atoms with Gasteiger partial charge in [0.05, 0.1) is 7.11 Å². The molecule has 68 valence electrons. The number of methoxy groups -OCH3 is 1. The van der Waals surface area contributed by atoms with Crippen LogP contribution in [-0.4, -0.2) is 18.3 Å². The maximum absolute atomic E-state index is 5.22. The summed E-state index contributed by atoms with van der Waals surface area (Å²) in [5, 5.41) is 0. The lowest BCUT2D eigenvalue weighted by atomic mass is 10.1. The number of pyridine rings is 1. The second kappa shape index (κ2) is 2.83. The lowest BCUT2D eigenvalue weighted by Crippen LogP contribution is -1.99. The van der Waals surface area contributed by atoms with Crippen LogP contribution in [0.3, 0.4) is 0 Å². The van der Waals surface area contributed by atoms with E-state index >= 15 is 0 Å². The topological polar surface area (TPSA) is 34.5 Å². The zero-order chi connectivity index (χ0) is 9.42. The highest BCUT2D eigenvalue weighted by molar-refractivity contribution is 5.81. The van der Waals surface area contributed by atoms with Crippen molar-refractivity contribution in [1.29, 1.82) is 0 Å².